The molecule has 0 radical (unpaired) electrons. The summed E-state index contributed by atoms with van der Waals surface area (Å²) in [6, 6.07) is 24.2. The largest absolute Gasteiger partial charge is 0.490 e. The molecule has 0 saturated carbocycles. The van der Waals surface area contributed by atoms with Gasteiger partial charge in [-0.2, -0.15) is 0 Å². The second-order valence-corrected chi connectivity index (χ2v) is 11.6. The number of nitrogens with one attached hydrogen (secondary N) is 1. The molecule has 10 heteroatoms. The van der Waals surface area contributed by atoms with E-state index in [-0.39, 0.29) is 11.4 Å². The van der Waals surface area contributed by atoms with Crippen LogP contribution in [0.1, 0.15) is 18.1 Å². The van der Waals surface area contributed by atoms with E-state index in [1.165, 1.54) is 0 Å². The Balaban J connectivity index is 1.30. The highest BCUT2D eigenvalue weighted by Gasteiger charge is 2.36. The van der Waals surface area contributed by atoms with Crippen molar-refractivity contribution in [1.29, 1.82) is 0 Å². The van der Waals surface area contributed by atoms with Crippen molar-refractivity contribution in [3.05, 3.63) is 103 Å². The fraction of sp³-hybridized carbons (Fsp3) is 0.129. The van der Waals surface area contributed by atoms with Gasteiger partial charge in [0, 0.05) is 16.1 Å². The summed E-state index contributed by atoms with van der Waals surface area (Å²) < 4.78 is 12.7. The highest BCUT2D eigenvalue weighted by atomic mass is 127. The van der Waals surface area contributed by atoms with Crippen LogP contribution in [0.5, 0.6) is 11.5 Å². The number of fused-ring (bicyclic) bond motifs is 1. The minimum Gasteiger partial charge on any atom is -0.490 e. The fourth-order valence-corrected chi connectivity index (χ4v) is 6.01. The lowest BCUT2D eigenvalue weighted by molar-refractivity contribution is -0.127. The number of thioether (sulfide) groups is 1. The number of rotatable bonds is 9. The molecule has 0 bridgehead atoms. The second-order valence-electron chi connectivity index (χ2n) is 9.02. The summed E-state index contributed by atoms with van der Waals surface area (Å²) in [5.74, 6) is 0.121. The van der Waals surface area contributed by atoms with Crippen molar-refractivity contribution in [3.8, 4) is 11.5 Å². The summed E-state index contributed by atoms with van der Waals surface area (Å²) in [5.41, 5.74) is 2.24. The van der Waals surface area contributed by atoms with Crippen LogP contribution in [-0.2, 0) is 16.2 Å². The zero-order chi connectivity index (χ0) is 28.9. The third-order valence-electron chi connectivity index (χ3n) is 6.16. The third-order valence-corrected chi connectivity index (χ3v) is 8.13. The Morgan fingerprint density at radius 3 is 2.56 bits per heavy atom. The molecule has 4 aromatic rings. The summed E-state index contributed by atoms with van der Waals surface area (Å²) in [7, 11) is 0. The van der Waals surface area contributed by atoms with E-state index < -0.39 is 17.1 Å². The number of carbonyl (C=O) groups is 3. The Labute approximate surface area is 260 Å². The molecular weight excluding hydrogens is 675 g/mol. The summed E-state index contributed by atoms with van der Waals surface area (Å²) >= 11 is 8.93. The maximum Gasteiger partial charge on any atom is 0.294 e. The average molecular weight is 699 g/mol. The van der Waals surface area contributed by atoms with Gasteiger partial charge in [-0.15, -0.1) is 0 Å². The standard InChI is InChI=1S/C31H24ClIN2O5S/c1-2-39-26-15-20(14-24(33)29(26)40-18-19-10-12-22(32)13-11-19)16-27-30(37)35(31(38)41-27)17-28(36)34-25-9-5-7-21-6-3-4-8-23(21)25/h3-16H,2,17-18H2,1H3,(H,34,36)/b27-16+. The van der Waals surface area contributed by atoms with E-state index in [1.54, 1.807) is 30.3 Å². The molecule has 1 N–H and O–H groups in total. The van der Waals surface area contributed by atoms with E-state index in [1.807, 2.05) is 61.5 Å². The topological polar surface area (TPSA) is 84.9 Å². The molecule has 3 amide bonds. The molecule has 0 atom stereocenters. The predicted octanol–water partition coefficient (Wildman–Crippen LogP) is 7.75. The molecule has 5 rings (SSSR count). The van der Waals surface area contributed by atoms with Crippen LogP contribution >= 0.6 is 46.0 Å². The Hall–Kier alpha value is -3.54. The van der Waals surface area contributed by atoms with E-state index in [4.69, 9.17) is 21.1 Å². The lowest BCUT2D eigenvalue weighted by Gasteiger charge is -2.15. The molecule has 0 aliphatic carbocycles. The smallest absolute Gasteiger partial charge is 0.294 e. The number of hydrogen-bond donors (Lipinski definition) is 1. The molecule has 7 nitrogen and oxygen atoms in total. The number of imide groups is 1. The summed E-state index contributed by atoms with van der Waals surface area (Å²) in [4.78, 5) is 39.8. The molecule has 0 unspecified atom stereocenters. The number of anilines is 1. The van der Waals surface area contributed by atoms with Crippen LogP contribution in [0.2, 0.25) is 5.02 Å². The van der Waals surface area contributed by atoms with Gasteiger partial charge in [0.2, 0.25) is 5.91 Å². The van der Waals surface area contributed by atoms with Crippen molar-refractivity contribution in [3.63, 3.8) is 0 Å². The zero-order valence-corrected chi connectivity index (χ0v) is 25.6. The Morgan fingerprint density at radius 1 is 1.02 bits per heavy atom. The first-order chi connectivity index (χ1) is 19.8. The molecule has 1 aliphatic heterocycles. The first kappa shape index (κ1) is 29.0. The molecular formula is C31H24ClIN2O5S. The molecule has 1 saturated heterocycles. The van der Waals surface area contributed by atoms with Crippen LogP contribution in [-0.4, -0.2) is 35.1 Å². The van der Waals surface area contributed by atoms with Gasteiger partial charge in [-0.3, -0.25) is 19.3 Å². The van der Waals surface area contributed by atoms with Gasteiger partial charge in [0.25, 0.3) is 11.1 Å². The van der Waals surface area contributed by atoms with E-state index in [0.29, 0.717) is 41.0 Å². The van der Waals surface area contributed by atoms with Crippen molar-refractivity contribution < 1.29 is 23.9 Å². The summed E-state index contributed by atoms with van der Waals surface area (Å²) in [6.07, 6.45) is 1.63. The van der Waals surface area contributed by atoms with Gasteiger partial charge in [-0.25, -0.2) is 0 Å². The van der Waals surface area contributed by atoms with Gasteiger partial charge in [0.1, 0.15) is 13.2 Å². The van der Waals surface area contributed by atoms with Crippen LogP contribution in [0.25, 0.3) is 16.8 Å². The van der Waals surface area contributed by atoms with Crippen molar-refractivity contribution in [2.24, 2.45) is 0 Å². The maximum absolute atomic E-state index is 13.1. The molecule has 1 aliphatic rings. The number of carbonyl (C=O) groups excluding carboxylic acids is 3. The van der Waals surface area contributed by atoms with Crippen molar-refractivity contribution >= 4 is 85.5 Å². The number of amides is 3. The lowest BCUT2D eigenvalue weighted by atomic mass is 10.1. The minimum absolute atomic E-state index is 0.223. The van der Waals surface area contributed by atoms with Crippen molar-refractivity contribution in [1.82, 2.24) is 4.90 Å². The number of benzene rings is 4. The number of nitrogens with zero attached hydrogens (tertiary/aromatic N) is 1. The van der Waals surface area contributed by atoms with Crippen LogP contribution in [0.15, 0.2) is 83.8 Å². The summed E-state index contributed by atoms with van der Waals surface area (Å²) in [5, 5.41) is 4.82. The lowest BCUT2D eigenvalue weighted by Crippen LogP contribution is -2.36. The first-order valence-corrected chi connectivity index (χ1v) is 15.0. The predicted molar refractivity (Wildman–Crippen MR) is 171 cm³/mol. The van der Waals surface area contributed by atoms with Crippen LogP contribution < -0.4 is 14.8 Å². The van der Waals surface area contributed by atoms with Gasteiger partial charge >= 0.3 is 0 Å². The Kier molecular flexibility index (Phi) is 9.16. The normalized spacial score (nSPS) is 14.1. The summed E-state index contributed by atoms with van der Waals surface area (Å²) in [6.45, 7) is 2.23. The average Bonchev–Trinajstić information content (AvgIpc) is 3.21. The zero-order valence-electron chi connectivity index (χ0n) is 21.9. The first-order valence-electron chi connectivity index (χ1n) is 12.7. The van der Waals surface area contributed by atoms with Gasteiger partial charge in [0.15, 0.2) is 11.5 Å². The molecule has 1 heterocycles. The minimum atomic E-state index is -0.524. The number of hydrogen-bond acceptors (Lipinski definition) is 6. The van der Waals surface area contributed by atoms with Crippen molar-refractivity contribution in [2.75, 3.05) is 18.5 Å². The van der Waals surface area contributed by atoms with E-state index in [9.17, 15) is 14.4 Å². The van der Waals surface area contributed by atoms with E-state index in [0.717, 1.165) is 36.6 Å². The van der Waals surface area contributed by atoms with E-state index >= 15 is 0 Å². The van der Waals surface area contributed by atoms with Crippen LogP contribution in [0, 0.1) is 3.57 Å². The molecule has 4 aromatic carbocycles. The maximum atomic E-state index is 13.1. The molecule has 0 aromatic heterocycles. The van der Waals surface area contributed by atoms with Gasteiger partial charge in [0.05, 0.1) is 15.1 Å². The molecule has 41 heavy (non-hydrogen) atoms. The van der Waals surface area contributed by atoms with Crippen molar-refractivity contribution in [2.45, 2.75) is 13.5 Å². The Morgan fingerprint density at radius 2 is 1.78 bits per heavy atom. The highest BCUT2D eigenvalue weighted by Crippen LogP contribution is 2.38. The number of ether oxygens (including phenoxy) is 2. The quantitative estimate of drug-likeness (QED) is 0.142. The van der Waals surface area contributed by atoms with Crippen LogP contribution in [0.4, 0.5) is 10.5 Å². The van der Waals surface area contributed by atoms with Gasteiger partial charge < -0.3 is 14.8 Å². The van der Waals surface area contributed by atoms with E-state index in [2.05, 4.69) is 27.9 Å². The Bertz CT molecular complexity index is 1670. The van der Waals surface area contributed by atoms with Gasteiger partial charge in [-0.05, 0) is 94.2 Å². The number of halogens is 2. The SMILES string of the molecule is CCOc1cc(/C=C2/SC(=O)N(CC(=O)Nc3cccc4ccccc34)C2=O)cc(I)c1OCc1ccc(Cl)cc1. The van der Waals surface area contributed by atoms with Gasteiger partial charge in [-0.1, -0.05) is 60.1 Å². The molecule has 1 fully saturated rings. The highest BCUT2D eigenvalue weighted by molar-refractivity contribution is 14.1. The molecule has 208 valence electrons. The van der Waals surface area contributed by atoms with Crippen LogP contribution in [0.3, 0.4) is 0 Å². The second kappa shape index (κ2) is 13.0. The third kappa shape index (κ3) is 6.86. The monoisotopic (exact) mass is 698 g/mol. The fourth-order valence-electron chi connectivity index (χ4n) is 4.27. The molecule has 0 spiro atoms.